The van der Waals surface area contributed by atoms with Crippen molar-refractivity contribution < 1.29 is 9.13 Å². The number of aliphatic imine (C=N–C) groups is 1. The molecule has 1 aromatic rings. The fourth-order valence-corrected chi connectivity index (χ4v) is 3.01. The van der Waals surface area contributed by atoms with E-state index >= 15 is 0 Å². The molecule has 6 nitrogen and oxygen atoms in total. The zero-order chi connectivity index (χ0) is 19.5. The molecule has 28 heavy (non-hydrogen) atoms. The van der Waals surface area contributed by atoms with Crippen LogP contribution in [0.2, 0.25) is 0 Å². The zero-order valence-corrected chi connectivity index (χ0v) is 19.6. The van der Waals surface area contributed by atoms with E-state index in [1.165, 1.54) is 19.0 Å². The summed E-state index contributed by atoms with van der Waals surface area (Å²) < 4.78 is 19.3. The van der Waals surface area contributed by atoms with E-state index < -0.39 is 0 Å². The molecule has 1 aliphatic rings. The van der Waals surface area contributed by atoms with Crippen molar-refractivity contribution in [3.8, 4) is 5.75 Å². The Morgan fingerprint density at radius 1 is 1.21 bits per heavy atom. The van der Waals surface area contributed by atoms with Crippen molar-refractivity contribution in [3.05, 3.63) is 30.1 Å². The third-order valence-electron chi connectivity index (χ3n) is 4.55. The first-order valence-corrected chi connectivity index (χ1v) is 9.92. The smallest absolute Gasteiger partial charge is 0.191 e. The van der Waals surface area contributed by atoms with Crippen LogP contribution in [0.3, 0.4) is 0 Å². The summed E-state index contributed by atoms with van der Waals surface area (Å²) in [5.74, 6) is 0.694. The fraction of sp³-hybridized carbons (Fsp3) is 0.650. The summed E-state index contributed by atoms with van der Waals surface area (Å²) in [4.78, 5) is 9.45. The van der Waals surface area contributed by atoms with Gasteiger partial charge in [0.25, 0.3) is 0 Å². The van der Waals surface area contributed by atoms with Gasteiger partial charge in [-0.15, -0.1) is 24.0 Å². The zero-order valence-electron chi connectivity index (χ0n) is 17.3. The minimum atomic E-state index is -0.346. The minimum Gasteiger partial charge on any atom is -0.486 e. The lowest BCUT2D eigenvalue weighted by Crippen LogP contribution is -2.42. The van der Waals surface area contributed by atoms with Gasteiger partial charge < -0.3 is 25.2 Å². The number of halogens is 2. The van der Waals surface area contributed by atoms with Crippen LogP contribution in [0.25, 0.3) is 0 Å². The molecule has 0 saturated carbocycles. The van der Waals surface area contributed by atoms with Crippen LogP contribution in [0.1, 0.15) is 20.3 Å². The maximum absolute atomic E-state index is 13.7. The third kappa shape index (κ3) is 9.38. The molecule has 2 rings (SSSR count). The molecule has 0 amide bonds. The Morgan fingerprint density at radius 3 is 2.75 bits per heavy atom. The third-order valence-corrected chi connectivity index (χ3v) is 4.55. The van der Waals surface area contributed by atoms with Gasteiger partial charge in [-0.05, 0) is 52.5 Å². The molecule has 1 heterocycles. The van der Waals surface area contributed by atoms with E-state index in [1.807, 2.05) is 13.8 Å². The van der Waals surface area contributed by atoms with E-state index in [0.29, 0.717) is 6.54 Å². The minimum absolute atomic E-state index is 0. The lowest BCUT2D eigenvalue weighted by atomic mass is 10.3. The van der Waals surface area contributed by atoms with Gasteiger partial charge in [0, 0.05) is 32.7 Å². The normalized spacial score (nSPS) is 17.4. The Balaban J connectivity index is 0.00000392. The number of hydrogen-bond acceptors (Lipinski definition) is 4. The van der Waals surface area contributed by atoms with Gasteiger partial charge in [-0.3, -0.25) is 0 Å². The second-order valence-corrected chi connectivity index (χ2v) is 7.00. The van der Waals surface area contributed by atoms with Gasteiger partial charge in [0.15, 0.2) is 17.5 Å². The van der Waals surface area contributed by atoms with Crippen LogP contribution in [-0.2, 0) is 0 Å². The maximum atomic E-state index is 13.7. The summed E-state index contributed by atoms with van der Waals surface area (Å²) >= 11 is 0. The van der Waals surface area contributed by atoms with Gasteiger partial charge in [0.05, 0.1) is 6.54 Å². The van der Waals surface area contributed by atoms with E-state index in [1.54, 1.807) is 18.2 Å². The molecule has 0 aliphatic carbocycles. The molecule has 0 spiro atoms. The molecule has 1 aliphatic heterocycles. The van der Waals surface area contributed by atoms with Crippen molar-refractivity contribution in [2.75, 3.05) is 59.4 Å². The number of rotatable bonds is 8. The van der Waals surface area contributed by atoms with E-state index in [9.17, 15) is 4.39 Å². The lowest BCUT2D eigenvalue weighted by molar-refractivity contribution is 0.220. The first kappa shape index (κ1) is 24.9. The Bertz CT molecular complexity index is 589. The van der Waals surface area contributed by atoms with Gasteiger partial charge in [-0.1, -0.05) is 12.1 Å². The maximum Gasteiger partial charge on any atom is 0.191 e. The Labute approximate surface area is 185 Å². The highest BCUT2D eigenvalue weighted by Gasteiger charge is 2.12. The SMILES string of the molecule is CCNC(=NCC(C)Oc1ccccc1F)NCCN1CCCN(C)CC1.I. The number of hydrogen-bond donors (Lipinski definition) is 2. The number of para-hydroxylation sites is 1. The molecule has 0 aromatic heterocycles. The Hall–Kier alpha value is -1.13. The molecule has 1 fully saturated rings. The van der Waals surface area contributed by atoms with Crippen molar-refractivity contribution in [2.45, 2.75) is 26.4 Å². The summed E-state index contributed by atoms with van der Waals surface area (Å²) in [7, 11) is 2.18. The van der Waals surface area contributed by atoms with Crippen LogP contribution in [0.15, 0.2) is 29.3 Å². The second-order valence-electron chi connectivity index (χ2n) is 7.00. The summed E-state index contributed by atoms with van der Waals surface area (Å²) in [6, 6.07) is 6.45. The predicted octanol–water partition coefficient (Wildman–Crippen LogP) is 2.40. The average molecular weight is 507 g/mol. The van der Waals surface area contributed by atoms with Crippen LogP contribution >= 0.6 is 24.0 Å². The van der Waals surface area contributed by atoms with Crippen LogP contribution in [0.4, 0.5) is 4.39 Å². The van der Waals surface area contributed by atoms with Gasteiger partial charge in [-0.2, -0.15) is 0 Å². The molecule has 8 heteroatoms. The van der Waals surface area contributed by atoms with Gasteiger partial charge in [0.2, 0.25) is 0 Å². The molecular weight excluding hydrogens is 472 g/mol. The first-order valence-electron chi connectivity index (χ1n) is 9.92. The fourth-order valence-electron chi connectivity index (χ4n) is 3.01. The van der Waals surface area contributed by atoms with Crippen molar-refractivity contribution in [1.82, 2.24) is 20.4 Å². The number of nitrogens with one attached hydrogen (secondary N) is 2. The van der Waals surface area contributed by atoms with Crippen molar-refractivity contribution >= 4 is 29.9 Å². The molecular formula is C20H35FIN5O. The molecule has 2 N–H and O–H groups in total. The number of ether oxygens (including phenoxy) is 1. The average Bonchev–Trinajstić information content (AvgIpc) is 2.86. The summed E-state index contributed by atoms with van der Waals surface area (Å²) in [6.07, 6.45) is 1.01. The van der Waals surface area contributed by atoms with Crippen LogP contribution in [-0.4, -0.2) is 81.3 Å². The van der Waals surface area contributed by atoms with Crippen LogP contribution < -0.4 is 15.4 Å². The quantitative estimate of drug-likeness (QED) is 0.322. The van der Waals surface area contributed by atoms with Crippen molar-refractivity contribution in [3.63, 3.8) is 0 Å². The van der Waals surface area contributed by atoms with Gasteiger partial charge in [-0.25, -0.2) is 9.38 Å². The first-order chi connectivity index (χ1) is 13.1. The summed E-state index contributed by atoms with van der Waals surface area (Å²) in [5, 5.41) is 6.64. The van der Waals surface area contributed by atoms with E-state index in [0.717, 1.165) is 45.2 Å². The standard InChI is InChI=1S/C20H34FN5O.HI/c1-4-22-20(23-10-13-26-12-7-11-25(3)14-15-26)24-16-17(2)27-19-9-6-5-8-18(19)21;/h5-6,8-9,17H,4,7,10-16H2,1-3H3,(H2,22,23,24);1H. The molecule has 160 valence electrons. The number of guanidine groups is 1. The largest absolute Gasteiger partial charge is 0.486 e. The Morgan fingerprint density at radius 2 is 2.00 bits per heavy atom. The topological polar surface area (TPSA) is 52.1 Å². The highest BCUT2D eigenvalue weighted by Crippen LogP contribution is 2.16. The highest BCUT2D eigenvalue weighted by molar-refractivity contribution is 14.0. The predicted molar refractivity (Wildman–Crippen MR) is 124 cm³/mol. The van der Waals surface area contributed by atoms with Crippen molar-refractivity contribution in [2.24, 2.45) is 4.99 Å². The lowest BCUT2D eigenvalue weighted by Gasteiger charge is -2.21. The summed E-state index contributed by atoms with van der Waals surface area (Å²) in [6.45, 7) is 11.6. The number of benzene rings is 1. The Kier molecular flexibility index (Phi) is 12.4. The monoisotopic (exact) mass is 507 g/mol. The molecule has 1 saturated heterocycles. The molecule has 1 unspecified atom stereocenters. The second kappa shape index (κ2) is 13.9. The van der Waals surface area contributed by atoms with E-state index in [2.05, 4.69) is 32.5 Å². The molecule has 0 radical (unpaired) electrons. The van der Waals surface area contributed by atoms with Gasteiger partial charge in [0.1, 0.15) is 6.10 Å². The van der Waals surface area contributed by atoms with E-state index in [4.69, 9.17) is 4.74 Å². The van der Waals surface area contributed by atoms with Gasteiger partial charge >= 0.3 is 0 Å². The molecule has 1 atom stereocenters. The van der Waals surface area contributed by atoms with Crippen LogP contribution in [0.5, 0.6) is 5.75 Å². The number of likely N-dealkylation sites (N-methyl/N-ethyl adjacent to an activating group) is 1. The molecule has 0 bridgehead atoms. The van der Waals surface area contributed by atoms with Crippen molar-refractivity contribution in [1.29, 1.82) is 0 Å². The molecule has 1 aromatic carbocycles. The highest BCUT2D eigenvalue weighted by atomic mass is 127. The summed E-state index contributed by atoms with van der Waals surface area (Å²) in [5.41, 5.74) is 0. The van der Waals surface area contributed by atoms with Crippen LogP contribution in [0, 0.1) is 5.82 Å². The number of nitrogens with zero attached hydrogens (tertiary/aromatic N) is 3. The van der Waals surface area contributed by atoms with E-state index in [-0.39, 0.29) is 41.6 Å².